The Hall–Kier alpha value is -4.81. The zero-order valence-corrected chi connectivity index (χ0v) is 64.0. The molecule has 8 rings (SSSR count). The van der Waals surface area contributed by atoms with Crippen LogP contribution in [0.25, 0.3) is 0 Å². The minimum Gasteiger partial charge on any atom is -0.341 e. The number of likely N-dealkylation sites (tertiary alicyclic amines) is 5. The fourth-order valence-corrected chi connectivity index (χ4v) is 16.9. The van der Waals surface area contributed by atoms with Crippen LogP contribution in [0.5, 0.6) is 0 Å². The van der Waals surface area contributed by atoms with Gasteiger partial charge in [-0.1, -0.05) is 0 Å². The summed E-state index contributed by atoms with van der Waals surface area (Å²) in [6.45, 7) is 50.1. The van der Waals surface area contributed by atoms with Crippen LogP contribution < -0.4 is 40.0 Å². The first-order valence-corrected chi connectivity index (χ1v) is 34.4. The predicted octanol–water partition coefficient (Wildman–Crippen LogP) is 9.82. The Bertz CT molecular complexity index is 2820. The molecule has 5 aliphatic heterocycles. The van der Waals surface area contributed by atoms with Gasteiger partial charge >= 0.3 is 0 Å². The van der Waals surface area contributed by atoms with Gasteiger partial charge in [0, 0.05) is 121 Å². The van der Waals surface area contributed by atoms with Gasteiger partial charge in [-0.05, 0) is 252 Å². The highest BCUT2D eigenvalue weighted by molar-refractivity contribution is 5.49. The predicted molar refractivity (Wildman–Crippen MR) is 383 cm³/mol. The smallest absolute Gasteiger partial charge is 0.232 e. The Labute approximate surface area is 558 Å². The summed E-state index contributed by atoms with van der Waals surface area (Å²) in [6, 6.07) is 0.989. The zero-order valence-electron chi connectivity index (χ0n) is 64.0. The molecule has 3 aromatic heterocycles. The van der Waals surface area contributed by atoms with Crippen molar-refractivity contribution in [2.24, 2.45) is 0 Å². The summed E-state index contributed by atoms with van der Waals surface area (Å²) < 4.78 is 0. The van der Waals surface area contributed by atoms with Gasteiger partial charge in [-0.2, -0.15) is 44.9 Å². The lowest BCUT2D eigenvalue weighted by Gasteiger charge is -2.55. The average molecular weight is 1280 g/mol. The van der Waals surface area contributed by atoms with Crippen LogP contribution in [-0.4, -0.2) is 257 Å². The van der Waals surface area contributed by atoms with E-state index in [0.29, 0.717) is 66.7 Å². The molecule has 0 radical (unpaired) electrons. The third-order valence-corrected chi connectivity index (χ3v) is 24.3. The van der Waals surface area contributed by atoms with Crippen molar-refractivity contribution in [2.45, 2.75) is 295 Å². The second kappa shape index (κ2) is 25.3. The van der Waals surface area contributed by atoms with Crippen molar-refractivity contribution >= 4 is 47.6 Å². The van der Waals surface area contributed by atoms with Crippen LogP contribution in [0.4, 0.5) is 47.6 Å². The van der Waals surface area contributed by atoms with Crippen molar-refractivity contribution in [3.8, 4) is 0 Å². The number of hydrogen-bond donors (Lipinski definition) is 2. The van der Waals surface area contributed by atoms with Crippen LogP contribution >= 0.6 is 0 Å². The normalized spacial score (nSPS) is 24.5. The summed E-state index contributed by atoms with van der Waals surface area (Å²) in [6.07, 6.45) is 9.65. The maximum atomic E-state index is 5.39. The van der Waals surface area contributed by atoms with E-state index < -0.39 is 0 Å². The Kier molecular flexibility index (Phi) is 20.1. The quantitative estimate of drug-likeness (QED) is 0.108. The highest BCUT2D eigenvalue weighted by Gasteiger charge is 2.50. The molecule has 0 spiro atoms. The summed E-state index contributed by atoms with van der Waals surface area (Å²) in [5.74, 6) is 5.45. The van der Waals surface area contributed by atoms with E-state index in [-0.39, 0.29) is 92.3 Å². The van der Waals surface area contributed by atoms with Gasteiger partial charge < -0.3 is 40.0 Å². The highest BCUT2D eigenvalue weighted by atomic mass is 15.5. The Morgan fingerprint density at radius 2 is 0.500 bits per heavy atom. The first-order valence-electron chi connectivity index (χ1n) is 34.4. The molecule has 23 nitrogen and oxygen atoms in total. The number of nitrogens with zero attached hydrogens (tertiary/aromatic N) is 21. The first-order chi connectivity index (χ1) is 41.9. The maximum absolute atomic E-state index is 5.39. The number of hydrogen-bond acceptors (Lipinski definition) is 23. The molecule has 0 amide bonds. The molecule has 0 bridgehead atoms. The van der Waals surface area contributed by atoms with Gasteiger partial charge in [0.05, 0.1) is 20.0 Å². The van der Waals surface area contributed by atoms with Crippen molar-refractivity contribution in [1.82, 2.24) is 74.3 Å². The Morgan fingerprint density at radius 1 is 0.304 bits per heavy atom. The van der Waals surface area contributed by atoms with Gasteiger partial charge in [-0.25, -0.2) is 0 Å². The van der Waals surface area contributed by atoms with E-state index in [2.05, 4.69) is 285 Å². The van der Waals surface area contributed by atoms with Gasteiger partial charge in [0.1, 0.15) is 5.82 Å². The second-order valence-electron chi connectivity index (χ2n) is 35.5. The minimum atomic E-state index is -0.0417. The number of nitrogens with one attached hydrogen (secondary N) is 2. The van der Waals surface area contributed by atoms with E-state index in [1.165, 1.54) is 0 Å². The summed E-state index contributed by atoms with van der Waals surface area (Å²) in [4.78, 5) is 76.1. The van der Waals surface area contributed by atoms with E-state index in [4.69, 9.17) is 44.9 Å². The van der Waals surface area contributed by atoms with Crippen LogP contribution in [0.15, 0.2) is 0 Å². The van der Waals surface area contributed by atoms with Crippen LogP contribution in [-0.2, 0) is 0 Å². The van der Waals surface area contributed by atoms with Crippen LogP contribution in [0.1, 0.15) is 209 Å². The molecule has 5 saturated heterocycles. The number of aromatic nitrogens is 9. The fourth-order valence-electron chi connectivity index (χ4n) is 16.9. The lowest BCUT2D eigenvalue weighted by Crippen LogP contribution is -2.62. The molecule has 3 aromatic rings. The molecule has 0 unspecified atom stereocenters. The topological polar surface area (TPSA) is 179 Å². The molecule has 520 valence electrons. The third kappa shape index (κ3) is 15.2. The number of anilines is 8. The number of aryl methyl sites for hydroxylation is 1. The van der Waals surface area contributed by atoms with Gasteiger partial charge in [0.2, 0.25) is 47.6 Å². The fraction of sp³-hybridized carbons (Fsp3) is 0.870. The summed E-state index contributed by atoms with van der Waals surface area (Å²) >= 11 is 0. The van der Waals surface area contributed by atoms with E-state index in [9.17, 15) is 0 Å². The number of piperidine rings is 5. The lowest BCUT2D eigenvalue weighted by atomic mass is 9.77. The SMILES string of the molecule is Cc1nc(N(CNc2nc(N(C)C3CC(C)(C)N(C)C(C)(C)C3)nc(N(C)C3CC(C)(C)N(C)C(C)(C)C3)n2)CN(C)CNc2nc(N(C)C3CC(C)(C)N(C)C(C)(C)C3)nc(N(C)C3CC(C)(C)N(C)C(C)(C)C3)n2)nc(N(C)C2CC(C)(C)N(C)C(C)(C)C2)n1. The van der Waals surface area contributed by atoms with Gasteiger partial charge in [0.25, 0.3) is 0 Å². The van der Waals surface area contributed by atoms with Crippen molar-refractivity contribution in [2.75, 3.05) is 138 Å². The second-order valence-corrected chi connectivity index (χ2v) is 35.5. The minimum absolute atomic E-state index is 0.0271. The van der Waals surface area contributed by atoms with Gasteiger partial charge in [0.15, 0.2) is 0 Å². The summed E-state index contributed by atoms with van der Waals surface area (Å²) in [5, 5.41) is 7.48. The molecule has 0 atom stereocenters. The molecule has 2 N–H and O–H groups in total. The summed E-state index contributed by atoms with van der Waals surface area (Å²) in [5.41, 5.74) is -0.344. The van der Waals surface area contributed by atoms with E-state index >= 15 is 0 Å². The van der Waals surface area contributed by atoms with Gasteiger partial charge in [-0.15, -0.1) is 0 Å². The van der Waals surface area contributed by atoms with Crippen LogP contribution in [0.3, 0.4) is 0 Å². The molecule has 92 heavy (non-hydrogen) atoms. The third-order valence-electron chi connectivity index (χ3n) is 24.3. The Morgan fingerprint density at radius 3 is 0.739 bits per heavy atom. The van der Waals surface area contributed by atoms with Gasteiger partial charge in [-0.3, -0.25) is 29.4 Å². The van der Waals surface area contributed by atoms with Crippen LogP contribution in [0.2, 0.25) is 0 Å². The van der Waals surface area contributed by atoms with Crippen molar-refractivity contribution in [1.29, 1.82) is 0 Å². The monoisotopic (exact) mass is 1280 g/mol. The van der Waals surface area contributed by atoms with Crippen molar-refractivity contribution in [3.05, 3.63) is 5.82 Å². The zero-order chi connectivity index (χ0) is 69.0. The van der Waals surface area contributed by atoms with E-state index in [1.54, 1.807) is 0 Å². The Balaban J connectivity index is 1.16. The van der Waals surface area contributed by atoms with Crippen molar-refractivity contribution < 1.29 is 0 Å². The largest absolute Gasteiger partial charge is 0.341 e. The first kappa shape index (κ1) is 73.0. The lowest BCUT2D eigenvalue weighted by molar-refractivity contribution is -0.0127. The highest BCUT2D eigenvalue weighted by Crippen LogP contribution is 2.45. The molecule has 0 aliphatic carbocycles. The molecule has 8 heterocycles. The van der Waals surface area contributed by atoms with Crippen molar-refractivity contribution in [3.63, 3.8) is 0 Å². The maximum Gasteiger partial charge on any atom is 0.232 e. The molecular weight excluding hydrogens is 1150 g/mol. The van der Waals surface area contributed by atoms with Crippen LogP contribution in [0, 0.1) is 6.92 Å². The average Bonchev–Trinajstić information content (AvgIpc) is 0.788. The van der Waals surface area contributed by atoms with E-state index in [0.717, 1.165) is 64.2 Å². The van der Waals surface area contributed by atoms with E-state index in [1.807, 2.05) is 6.92 Å². The number of rotatable bonds is 19. The molecular formula is C69H129N23. The molecule has 5 aliphatic rings. The molecule has 23 heteroatoms. The standard InChI is InChI=1S/C69H129N23/c1-46-72-54(82(23)47-33-60(2,3)87(28)61(4,5)34-47)80-59(73-46)92(44-71-53-76-57(85(26)50-39-66(14,15)90(31)67(16,17)40-50)79-58(77-53)86(27)51-41-68(18,19)91(32)69(20,21)42-51)45-81(22)43-70-52-74-55(83(24)48-35-62(6,7)88(29)63(8,9)36-48)78-56(75-52)84(25)49-37-64(10,11)89(30)65(12,13)38-49/h47-51H,33-45H2,1-32H3,(H,70,74,75,78)(H,71,76,77,79). The molecule has 0 saturated carbocycles. The molecule has 0 aromatic carbocycles. The summed E-state index contributed by atoms with van der Waals surface area (Å²) in [7, 11) is 24.2. The molecule has 5 fully saturated rings.